The lowest BCUT2D eigenvalue weighted by molar-refractivity contribution is -0.385. The lowest BCUT2D eigenvalue weighted by atomic mass is 10.4. The van der Waals surface area contributed by atoms with Crippen molar-refractivity contribution in [1.29, 1.82) is 0 Å². The van der Waals surface area contributed by atoms with Crippen LogP contribution in [0.5, 0.6) is 0 Å². The molecule has 78 valence electrons. The molecule has 7 nitrogen and oxygen atoms in total. The third kappa shape index (κ3) is 1.54. The molecule has 0 atom stereocenters. The second-order valence-electron chi connectivity index (χ2n) is 2.75. The number of fused-ring (bicyclic) bond motifs is 1. The molecule has 0 saturated carbocycles. The number of rotatable bonds is 2. The van der Waals surface area contributed by atoms with Crippen LogP contribution in [-0.4, -0.2) is 22.7 Å². The predicted molar refractivity (Wildman–Crippen MR) is 50.4 cm³/mol. The Morgan fingerprint density at radius 1 is 1.40 bits per heavy atom. The first kappa shape index (κ1) is 9.59. The standard InChI is InChI=1S/C7H5N3O4S/c11-10(12)5-1-2-6-8-3-7(15(13)14)9(6)4-5/h1-4,15H. The van der Waals surface area contributed by atoms with E-state index in [-0.39, 0.29) is 10.7 Å². The predicted octanol–water partition coefficient (Wildman–Crippen LogP) is 0.213. The van der Waals surface area contributed by atoms with Gasteiger partial charge in [0.05, 0.1) is 17.3 Å². The maximum Gasteiger partial charge on any atom is 0.286 e. The summed E-state index contributed by atoms with van der Waals surface area (Å²) in [5.41, 5.74) is 0.174. The fourth-order valence-electron chi connectivity index (χ4n) is 1.20. The Bertz CT molecular complexity index is 608. The molecule has 0 bridgehead atoms. The molecule has 2 aromatic heterocycles. The normalized spacial score (nSPS) is 11.0. The molecule has 0 aromatic carbocycles. The summed E-state index contributed by atoms with van der Waals surface area (Å²) in [5, 5.41) is 10.4. The van der Waals surface area contributed by atoms with Crippen molar-refractivity contribution in [3.05, 3.63) is 34.6 Å². The minimum atomic E-state index is -2.81. The highest BCUT2D eigenvalue weighted by atomic mass is 32.2. The topological polar surface area (TPSA) is 94.6 Å². The van der Waals surface area contributed by atoms with Crippen LogP contribution in [0.4, 0.5) is 5.69 Å². The van der Waals surface area contributed by atoms with E-state index < -0.39 is 15.6 Å². The fourth-order valence-corrected chi connectivity index (χ4v) is 1.69. The molecule has 15 heavy (non-hydrogen) atoms. The van der Waals surface area contributed by atoms with Crippen molar-refractivity contribution in [3.8, 4) is 0 Å². The van der Waals surface area contributed by atoms with Crippen molar-refractivity contribution < 1.29 is 13.3 Å². The zero-order valence-corrected chi connectivity index (χ0v) is 8.13. The van der Waals surface area contributed by atoms with Crippen molar-refractivity contribution >= 4 is 22.0 Å². The van der Waals surface area contributed by atoms with Crippen LogP contribution < -0.4 is 0 Å². The molecule has 2 heterocycles. The van der Waals surface area contributed by atoms with E-state index in [2.05, 4.69) is 4.98 Å². The number of hydrogen-bond acceptors (Lipinski definition) is 5. The van der Waals surface area contributed by atoms with E-state index in [1.807, 2.05) is 0 Å². The smallest absolute Gasteiger partial charge is 0.284 e. The molecule has 0 aliphatic rings. The van der Waals surface area contributed by atoms with Gasteiger partial charge in [-0.25, -0.2) is 13.4 Å². The summed E-state index contributed by atoms with van der Waals surface area (Å²) in [5.74, 6) is 0. The maximum absolute atomic E-state index is 10.8. The molecule has 0 radical (unpaired) electrons. The lowest BCUT2D eigenvalue weighted by Gasteiger charge is -1.95. The van der Waals surface area contributed by atoms with Gasteiger partial charge in [-0.3, -0.25) is 14.5 Å². The van der Waals surface area contributed by atoms with Gasteiger partial charge in [-0.1, -0.05) is 0 Å². The number of imidazole rings is 1. The third-order valence-corrected chi connectivity index (χ3v) is 2.57. The molecule has 0 saturated heterocycles. The van der Waals surface area contributed by atoms with E-state index in [0.29, 0.717) is 5.65 Å². The summed E-state index contributed by atoms with van der Waals surface area (Å²) in [6.45, 7) is 0. The highest BCUT2D eigenvalue weighted by Gasteiger charge is 2.10. The van der Waals surface area contributed by atoms with Crippen LogP contribution in [0, 0.1) is 10.1 Å². The summed E-state index contributed by atoms with van der Waals surface area (Å²) < 4.78 is 22.7. The Kier molecular flexibility index (Phi) is 2.12. The van der Waals surface area contributed by atoms with Crippen LogP contribution in [0.2, 0.25) is 0 Å². The van der Waals surface area contributed by atoms with Crippen LogP contribution in [0.25, 0.3) is 5.65 Å². The second kappa shape index (κ2) is 3.31. The van der Waals surface area contributed by atoms with Gasteiger partial charge in [0, 0.05) is 6.07 Å². The van der Waals surface area contributed by atoms with Gasteiger partial charge in [-0.2, -0.15) is 0 Å². The van der Waals surface area contributed by atoms with Gasteiger partial charge in [0.15, 0.2) is 15.7 Å². The lowest BCUT2D eigenvalue weighted by Crippen LogP contribution is -1.94. The molecule has 0 aliphatic heterocycles. The molecule has 0 fully saturated rings. The Morgan fingerprint density at radius 2 is 2.13 bits per heavy atom. The van der Waals surface area contributed by atoms with Crippen molar-refractivity contribution in [2.45, 2.75) is 5.03 Å². The molecule has 2 aromatic rings. The van der Waals surface area contributed by atoms with Gasteiger partial charge in [0.2, 0.25) is 0 Å². The van der Waals surface area contributed by atoms with E-state index in [9.17, 15) is 18.5 Å². The number of nitro groups is 1. The first-order chi connectivity index (χ1) is 7.09. The molecular weight excluding hydrogens is 222 g/mol. The van der Waals surface area contributed by atoms with Crippen molar-refractivity contribution in [3.63, 3.8) is 0 Å². The molecule has 0 unspecified atom stereocenters. The van der Waals surface area contributed by atoms with Crippen molar-refractivity contribution in [2.24, 2.45) is 0 Å². The maximum atomic E-state index is 10.8. The highest BCUT2D eigenvalue weighted by molar-refractivity contribution is 7.72. The van der Waals surface area contributed by atoms with Crippen LogP contribution in [0.3, 0.4) is 0 Å². The Balaban J connectivity index is 2.77. The van der Waals surface area contributed by atoms with E-state index >= 15 is 0 Å². The van der Waals surface area contributed by atoms with E-state index in [0.717, 1.165) is 12.4 Å². The van der Waals surface area contributed by atoms with Crippen molar-refractivity contribution in [2.75, 3.05) is 0 Å². The minimum absolute atomic E-state index is 0.0660. The summed E-state index contributed by atoms with van der Waals surface area (Å²) in [7, 11) is -2.81. The molecule has 0 aliphatic carbocycles. The number of nitrogens with zero attached hydrogens (tertiary/aromatic N) is 3. The summed E-state index contributed by atoms with van der Waals surface area (Å²) in [4.78, 5) is 13.7. The zero-order chi connectivity index (χ0) is 11.0. The van der Waals surface area contributed by atoms with Gasteiger partial charge in [-0.05, 0) is 6.07 Å². The van der Waals surface area contributed by atoms with Gasteiger partial charge < -0.3 is 0 Å². The molecule has 0 N–H and O–H groups in total. The summed E-state index contributed by atoms with van der Waals surface area (Å²) >= 11 is 0. The largest absolute Gasteiger partial charge is 0.286 e. The quantitative estimate of drug-likeness (QED) is 0.449. The van der Waals surface area contributed by atoms with Gasteiger partial charge >= 0.3 is 0 Å². The molecule has 0 amide bonds. The fraction of sp³-hybridized carbons (Fsp3) is 0. The Morgan fingerprint density at radius 3 is 2.73 bits per heavy atom. The van der Waals surface area contributed by atoms with Crippen LogP contribution in [-0.2, 0) is 10.7 Å². The highest BCUT2D eigenvalue weighted by Crippen LogP contribution is 2.15. The van der Waals surface area contributed by atoms with Crippen LogP contribution in [0.15, 0.2) is 29.6 Å². The van der Waals surface area contributed by atoms with Crippen molar-refractivity contribution in [1.82, 2.24) is 9.38 Å². The number of aromatic nitrogens is 2. The van der Waals surface area contributed by atoms with E-state index in [4.69, 9.17) is 0 Å². The Labute approximate surface area is 85.1 Å². The first-order valence-corrected chi connectivity index (χ1v) is 5.03. The average molecular weight is 227 g/mol. The second-order valence-corrected chi connectivity index (χ2v) is 3.72. The third-order valence-electron chi connectivity index (χ3n) is 1.87. The van der Waals surface area contributed by atoms with Crippen LogP contribution in [0.1, 0.15) is 0 Å². The molecule has 2 rings (SSSR count). The van der Waals surface area contributed by atoms with Gasteiger partial charge in [0.25, 0.3) is 5.69 Å². The van der Waals surface area contributed by atoms with Gasteiger partial charge in [-0.15, -0.1) is 0 Å². The van der Waals surface area contributed by atoms with Crippen LogP contribution >= 0.6 is 0 Å². The van der Waals surface area contributed by atoms with E-state index in [1.54, 1.807) is 0 Å². The number of thiol groups is 1. The average Bonchev–Trinajstić information content (AvgIpc) is 2.59. The van der Waals surface area contributed by atoms with Gasteiger partial charge in [0.1, 0.15) is 5.65 Å². The zero-order valence-electron chi connectivity index (χ0n) is 7.23. The van der Waals surface area contributed by atoms with E-state index in [1.165, 1.54) is 16.5 Å². The summed E-state index contributed by atoms with van der Waals surface area (Å²) in [6.07, 6.45) is 2.29. The number of hydrogen-bond donors (Lipinski definition) is 1. The monoisotopic (exact) mass is 227 g/mol. The molecular formula is C7H5N3O4S. The Hall–Kier alpha value is -1.96. The first-order valence-electron chi connectivity index (χ1n) is 3.85. The molecule has 8 heteroatoms. The minimum Gasteiger partial charge on any atom is -0.284 e. The number of pyridine rings is 1. The molecule has 0 spiro atoms. The summed E-state index contributed by atoms with van der Waals surface area (Å²) in [6, 6.07) is 2.66. The SMILES string of the molecule is O=[N+]([O-])c1ccc2ncc([SH](=O)=O)n2c1.